The molecule has 4 heteroatoms. The van der Waals surface area contributed by atoms with Crippen molar-refractivity contribution in [3.8, 4) is 0 Å². The van der Waals surface area contributed by atoms with Crippen LogP contribution in [0.25, 0.3) is 11.0 Å². The second-order valence-electron chi connectivity index (χ2n) is 5.70. The molecular formula is C16H23N3O. The lowest BCUT2D eigenvalue weighted by Crippen LogP contribution is -2.19. The Kier molecular flexibility index (Phi) is 3.92. The van der Waals surface area contributed by atoms with Crippen molar-refractivity contribution >= 4 is 17.0 Å². The number of nitrogens with zero attached hydrogens (tertiary/aromatic N) is 2. The molecule has 1 fully saturated rings. The molecule has 1 heterocycles. The highest BCUT2D eigenvalue weighted by atomic mass is 16.5. The molecular weight excluding hydrogens is 250 g/mol. The topological polar surface area (TPSA) is 53.1 Å². The van der Waals surface area contributed by atoms with E-state index in [1.807, 2.05) is 12.1 Å². The van der Waals surface area contributed by atoms with Gasteiger partial charge in [-0.1, -0.05) is 31.4 Å². The number of anilines is 1. The molecule has 0 radical (unpaired) electrons. The van der Waals surface area contributed by atoms with E-state index in [4.69, 9.17) is 10.5 Å². The normalized spacial score (nSPS) is 16.9. The summed E-state index contributed by atoms with van der Waals surface area (Å²) >= 11 is 0. The minimum atomic E-state index is 0.445. The predicted octanol–water partition coefficient (Wildman–Crippen LogP) is 3.28. The van der Waals surface area contributed by atoms with Crippen molar-refractivity contribution in [2.45, 2.75) is 51.7 Å². The van der Waals surface area contributed by atoms with Crippen LogP contribution in [0.2, 0.25) is 0 Å². The average Bonchev–Trinajstić information content (AvgIpc) is 2.78. The summed E-state index contributed by atoms with van der Waals surface area (Å²) < 4.78 is 8.07. The Morgan fingerprint density at radius 2 is 2.10 bits per heavy atom. The van der Waals surface area contributed by atoms with Crippen molar-refractivity contribution in [3.05, 3.63) is 23.8 Å². The van der Waals surface area contributed by atoms with Gasteiger partial charge in [-0.3, -0.25) is 0 Å². The zero-order valence-corrected chi connectivity index (χ0v) is 12.1. The van der Waals surface area contributed by atoms with E-state index < -0.39 is 0 Å². The Bertz CT molecular complexity index is 585. The van der Waals surface area contributed by atoms with Gasteiger partial charge < -0.3 is 15.0 Å². The van der Waals surface area contributed by atoms with Crippen LogP contribution in [-0.4, -0.2) is 22.3 Å². The highest BCUT2D eigenvalue weighted by molar-refractivity contribution is 5.81. The number of hydrogen-bond acceptors (Lipinski definition) is 3. The standard InChI is InChI=1S/C16H23N3O/c1-12-6-5-9-14-15(12)19(16(17)18-14)10-11-20-13-7-3-2-4-8-13/h5-6,9,13H,2-4,7-8,10-11H2,1H3,(H2,17,18). The molecule has 0 spiro atoms. The van der Waals surface area contributed by atoms with Crippen molar-refractivity contribution < 1.29 is 4.74 Å². The van der Waals surface area contributed by atoms with Crippen LogP contribution in [0.5, 0.6) is 0 Å². The molecule has 2 aromatic rings. The van der Waals surface area contributed by atoms with E-state index in [1.54, 1.807) is 0 Å². The van der Waals surface area contributed by atoms with Crippen LogP contribution in [0.15, 0.2) is 18.2 Å². The van der Waals surface area contributed by atoms with Crippen LogP contribution in [0, 0.1) is 6.92 Å². The molecule has 0 saturated heterocycles. The number of imidazole rings is 1. The summed E-state index contributed by atoms with van der Waals surface area (Å²) in [5.74, 6) is 0.585. The molecule has 1 aromatic heterocycles. The Hall–Kier alpha value is -1.55. The molecule has 0 atom stereocenters. The first-order valence-corrected chi connectivity index (χ1v) is 7.58. The first-order chi connectivity index (χ1) is 9.75. The van der Waals surface area contributed by atoms with Gasteiger partial charge in [-0.25, -0.2) is 4.98 Å². The maximum atomic E-state index is 6.04. The van der Waals surface area contributed by atoms with Crippen molar-refractivity contribution in [1.82, 2.24) is 9.55 Å². The highest BCUT2D eigenvalue weighted by Gasteiger charge is 2.14. The summed E-state index contributed by atoms with van der Waals surface area (Å²) in [7, 11) is 0. The summed E-state index contributed by atoms with van der Waals surface area (Å²) in [6.07, 6.45) is 6.83. The van der Waals surface area contributed by atoms with Gasteiger partial charge in [-0.05, 0) is 31.4 Å². The van der Waals surface area contributed by atoms with E-state index in [1.165, 1.54) is 37.7 Å². The number of hydrogen-bond donors (Lipinski definition) is 1. The molecule has 108 valence electrons. The highest BCUT2D eigenvalue weighted by Crippen LogP contribution is 2.23. The molecule has 3 rings (SSSR count). The molecule has 0 bridgehead atoms. The molecule has 0 amide bonds. The molecule has 1 saturated carbocycles. The summed E-state index contributed by atoms with van der Waals surface area (Å²) in [4.78, 5) is 4.42. The minimum Gasteiger partial charge on any atom is -0.376 e. The Balaban J connectivity index is 1.69. The van der Waals surface area contributed by atoms with Gasteiger partial charge in [0, 0.05) is 6.54 Å². The van der Waals surface area contributed by atoms with Crippen molar-refractivity contribution in [2.75, 3.05) is 12.3 Å². The maximum absolute atomic E-state index is 6.04. The van der Waals surface area contributed by atoms with Gasteiger partial charge >= 0.3 is 0 Å². The number of nitrogen functional groups attached to an aromatic ring is 1. The second-order valence-corrected chi connectivity index (χ2v) is 5.70. The van der Waals surface area contributed by atoms with Gasteiger partial charge in [-0.15, -0.1) is 0 Å². The van der Waals surface area contributed by atoms with Crippen LogP contribution >= 0.6 is 0 Å². The van der Waals surface area contributed by atoms with Gasteiger partial charge in [-0.2, -0.15) is 0 Å². The summed E-state index contributed by atoms with van der Waals surface area (Å²) in [5, 5.41) is 0. The molecule has 0 unspecified atom stereocenters. The van der Waals surface area contributed by atoms with Crippen molar-refractivity contribution in [1.29, 1.82) is 0 Å². The van der Waals surface area contributed by atoms with Crippen LogP contribution in [0.3, 0.4) is 0 Å². The third-order valence-corrected chi connectivity index (χ3v) is 4.22. The number of nitrogens with two attached hydrogens (primary N) is 1. The summed E-state index contributed by atoms with van der Waals surface area (Å²) in [6, 6.07) is 6.13. The maximum Gasteiger partial charge on any atom is 0.201 e. The molecule has 2 N–H and O–H groups in total. The monoisotopic (exact) mass is 273 g/mol. The van der Waals surface area contributed by atoms with E-state index in [0.717, 1.165) is 17.6 Å². The molecule has 20 heavy (non-hydrogen) atoms. The van der Waals surface area contributed by atoms with Crippen LogP contribution in [0.4, 0.5) is 5.95 Å². The first-order valence-electron chi connectivity index (χ1n) is 7.58. The fourth-order valence-corrected chi connectivity index (χ4v) is 3.15. The van der Waals surface area contributed by atoms with E-state index in [0.29, 0.717) is 18.7 Å². The van der Waals surface area contributed by atoms with Crippen molar-refractivity contribution in [3.63, 3.8) is 0 Å². The average molecular weight is 273 g/mol. The fourth-order valence-electron chi connectivity index (χ4n) is 3.15. The largest absolute Gasteiger partial charge is 0.376 e. The van der Waals surface area contributed by atoms with E-state index >= 15 is 0 Å². The Labute approximate surface area is 119 Å². The zero-order valence-electron chi connectivity index (χ0n) is 12.1. The minimum absolute atomic E-state index is 0.445. The van der Waals surface area contributed by atoms with Gasteiger partial charge in [0.25, 0.3) is 0 Å². The third kappa shape index (κ3) is 2.66. The quantitative estimate of drug-likeness (QED) is 0.930. The molecule has 1 aliphatic rings. The summed E-state index contributed by atoms with van der Waals surface area (Å²) in [6.45, 7) is 3.60. The number of para-hydroxylation sites is 1. The number of rotatable bonds is 4. The number of fused-ring (bicyclic) bond motifs is 1. The van der Waals surface area contributed by atoms with Gasteiger partial charge in [0.1, 0.15) is 0 Å². The lowest BCUT2D eigenvalue weighted by Gasteiger charge is -2.22. The third-order valence-electron chi connectivity index (χ3n) is 4.22. The smallest absolute Gasteiger partial charge is 0.201 e. The lowest BCUT2D eigenvalue weighted by atomic mass is 9.98. The van der Waals surface area contributed by atoms with Crippen molar-refractivity contribution in [2.24, 2.45) is 0 Å². The fraction of sp³-hybridized carbons (Fsp3) is 0.562. The van der Waals surface area contributed by atoms with Crippen LogP contribution < -0.4 is 5.73 Å². The van der Waals surface area contributed by atoms with E-state index in [2.05, 4.69) is 22.5 Å². The van der Waals surface area contributed by atoms with E-state index in [9.17, 15) is 0 Å². The van der Waals surface area contributed by atoms with Gasteiger partial charge in [0.15, 0.2) is 0 Å². The molecule has 1 aromatic carbocycles. The number of ether oxygens (including phenoxy) is 1. The predicted molar refractivity (Wildman–Crippen MR) is 81.7 cm³/mol. The van der Waals surface area contributed by atoms with Gasteiger partial charge in [0.05, 0.1) is 23.7 Å². The molecule has 0 aliphatic heterocycles. The second kappa shape index (κ2) is 5.83. The SMILES string of the molecule is Cc1cccc2nc(N)n(CCOC3CCCCC3)c12. The van der Waals surface area contributed by atoms with Gasteiger partial charge in [0.2, 0.25) is 5.95 Å². The zero-order chi connectivity index (χ0) is 13.9. The number of benzene rings is 1. The lowest BCUT2D eigenvalue weighted by molar-refractivity contribution is 0.0246. The molecule has 4 nitrogen and oxygen atoms in total. The Morgan fingerprint density at radius 3 is 2.90 bits per heavy atom. The summed E-state index contributed by atoms with van der Waals surface area (Å²) in [5.41, 5.74) is 9.36. The Morgan fingerprint density at radius 1 is 1.30 bits per heavy atom. The first kappa shape index (κ1) is 13.4. The molecule has 1 aliphatic carbocycles. The van der Waals surface area contributed by atoms with E-state index in [-0.39, 0.29) is 0 Å². The number of aryl methyl sites for hydroxylation is 1. The number of aromatic nitrogens is 2. The van der Waals surface area contributed by atoms with Crippen LogP contribution in [-0.2, 0) is 11.3 Å². The van der Waals surface area contributed by atoms with Crippen LogP contribution in [0.1, 0.15) is 37.7 Å².